The lowest BCUT2D eigenvalue weighted by Gasteiger charge is -2.42. The minimum Gasteiger partial charge on any atom is -0.490 e. The van der Waals surface area contributed by atoms with Crippen molar-refractivity contribution in [3.8, 4) is 28.5 Å². The van der Waals surface area contributed by atoms with E-state index in [1.165, 1.54) is 12.3 Å². The Balaban J connectivity index is 1.43. The molecule has 3 N–H and O–H groups in total. The second kappa shape index (κ2) is 13.8. The van der Waals surface area contributed by atoms with Crippen molar-refractivity contribution in [2.24, 2.45) is 0 Å². The smallest absolute Gasteiger partial charge is 0.267 e. The van der Waals surface area contributed by atoms with Gasteiger partial charge in [0.2, 0.25) is 0 Å². The number of aromatic amines is 1. The third kappa shape index (κ3) is 8.29. The molecule has 0 spiro atoms. The van der Waals surface area contributed by atoms with Crippen molar-refractivity contribution in [3.63, 3.8) is 0 Å². The van der Waals surface area contributed by atoms with Gasteiger partial charge in [-0.3, -0.25) is 4.79 Å². The summed E-state index contributed by atoms with van der Waals surface area (Å²) in [6, 6.07) is 11.9. The van der Waals surface area contributed by atoms with Crippen molar-refractivity contribution in [3.05, 3.63) is 54.4 Å². The van der Waals surface area contributed by atoms with Crippen molar-refractivity contribution < 1.29 is 32.2 Å². The van der Waals surface area contributed by atoms with Crippen LogP contribution in [0.5, 0.6) is 17.2 Å². The van der Waals surface area contributed by atoms with E-state index in [-0.39, 0.29) is 30.2 Å². The van der Waals surface area contributed by atoms with Crippen molar-refractivity contribution in [1.82, 2.24) is 15.3 Å². The second-order valence-electron chi connectivity index (χ2n) is 12.5. The third-order valence-corrected chi connectivity index (χ3v) is 15.1. The molecule has 44 heavy (non-hydrogen) atoms. The largest absolute Gasteiger partial charge is 0.490 e. The zero-order valence-electron chi connectivity index (χ0n) is 26.6. The SMILES string of the molecule is CC(C)[Si](OC[C@@H](O)CNC(=O)c1ccc(-c2cc(Oc3ccc(S(C)(=O)=O)nc3)cc(OC3CC3)c2)[nH]1)(C(C)C)C(C)C. The van der Waals surface area contributed by atoms with Gasteiger partial charge in [0.05, 0.1) is 25.0 Å². The minimum atomic E-state index is -3.42. The number of carbonyl (C=O) groups excluding carboxylic acids is 1. The number of H-pyrrole nitrogens is 1. The maximum atomic E-state index is 13.0. The number of hydrogen-bond donors (Lipinski definition) is 3. The number of ether oxygens (including phenoxy) is 2. The molecule has 0 unspecified atom stereocenters. The Bertz CT molecular complexity index is 1510. The maximum absolute atomic E-state index is 13.0. The third-order valence-electron chi connectivity index (χ3n) is 8.00. The van der Waals surface area contributed by atoms with Crippen LogP contribution < -0.4 is 14.8 Å². The van der Waals surface area contributed by atoms with Crippen LogP contribution in [0.25, 0.3) is 11.3 Å². The number of amides is 1. The van der Waals surface area contributed by atoms with Crippen molar-refractivity contribution in [2.75, 3.05) is 19.4 Å². The molecule has 2 aromatic heterocycles. The van der Waals surface area contributed by atoms with Crippen LogP contribution in [0, 0.1) is 0 Å². The van der Waals surface area contributed by atoms with E-state index >= 15 is 0 Å². The fourth-order valence-electron chi connectivity index (χ4n) is 5.82. The summed E-state index contributed by atoms with van der Waals surface area (Å²) in [5, 5.41) is 13.4. The molecule has 2 heterocycles. The lowest BCUT2D eigenvalue weighted by Crippen LogP contribution is -2.50. The summed E-state index contributed by atoms with van der Waals surface area (Å²) < 4.78 is 42.0. The highest BCUT2D eigenvalue weighted by Gasteiger charge is 2.45. The van der Waals surface area contributed by atoms with E-state index in [9.17, 15) is 18.3 Å². The van der Waals surface area contributed by atoms with Crippen LogP contribution in [0.15, 0.2) is 53.7 Å². The van der Waals surface area contributed by atoms with Crippen LogP contribution in [0.2, 0.25) is 16.6 Å². The van der Waals surface area contributed by atoms with E-state index in [1.807, 2.05) is 6.07 Å². The number of carbonyl (C=O) groups is 1. The molecule has 0 bridgehead atoms. The lowest BCUT2D eigenvalue weighted by atomic mass is 10.1. The Morgan fingerprint density at radius 1 is 1.00 bits per heavy atom. The zero-order chi connectivity index (χ0) is 32.2. The molecule has 0 aliphatic heterocycles. The van der Waals surface area contributed by atoms with Gasteiger partial charge < -0.3 is 29.3 Å². The molecule has 1 aliphatic rings. The lowest BCUT2D eigenvalue weighted by molar-refractivity contribution is 0.0809. The van der Waals surface area contributed by atoms with Gasteiger partial charge in [-0.05, 0) is 65.9 Å². The van der Waals surface area contributed by atoms with Crippen LogP contribution in [-0.2, 0) is 14.3 Å². The average Bonchev–Trinajstić information content (AvgIpc) is 3.61. The number of nitrogens with one attached hydrogen (secondary N) is 2. The average molecular weight is 644 g/mol. The van der Waals surface area contributed by atoms with Gasteiger partial charge in [0.25, 0.3) is 5.91 Å². The monoisotopic (exact) mass is 643 g/mol. The number of aliphatic hydroxyl groups is 1. The Morgan fingerprint density at radius 2 is 1.66 bits per heavy atom. The van der Waals surface area contributed by atoms with E-state index in [1.54, 1.807) is 30.3 Å². The predicted molar refractivity (Wildman–Crippen MR) is 173 cm³/mol. The summed E-state index contributed by atoms with van der Waals surface area (Å²) in [4.78, 5) is 20.1. The van der Waals surface area contributed by atoms with Crippen molar-refractivity contribution in [2.45, 2.75) is 88.2 Å². The van der Waals surface area contributed by atoms with Gasteiger partial charge in [0, 0.05) is 30.1 Å². The highest BCUT2D eigenvalue weighted by atomic mass is 32.2. The van der Waals surface area contributed by atoms with Crippen LogP contribution in [0.4, 0.5) is 0 Å². The molecule has 1 fully saturated rings. The first-order chi connectivity index (χ1) is 20.7. The minimum absolute atomic E-state index is 0.0368. The molecule has 1 amide bonds. The molecule has 1 saturated carbocycles. The first-order valence-corrected chi connectivity index (χ1v) is 19.2. The Hall–Kier alpha value is -3.19. The number of pyridine rings is 1. The maximum Gasteiger partial charge on any atom is 0.267 e. The number of nitrogens with zero attached hydrogens (tertiary/aromatic N) is 1. The molecule has 4 rings (SSSR count). The number of aliphatic hydroxyl groups excluding tert-OH is 1. The quantitative estimate of drug-likeness (QED) is 0.169. The highest BCUT2D eigenvalue weighted by Crippen LogP contribution is 2.42. The summed E-state index contributed by atoms with van der Waals surface area (Å²) in [6.07, 6.45) is 3.75. The molecule has 1 atom stereocenters. The first kappa shape index (κ1) is 33.7. The normalized spacial score (nSPS) is 14.7. The Labute approximate surface area is 261 Å². The summed E-state index contributed by atoms with van der Waals surface area (Å²) in [7, 11) is -5.55. The van der Waals surface area contributed by atoms with Gasteiger partial charge in [-0.2, -0.15) is 0 Å². The van der Waals surface area contributed by atoms with Gasteiger partial charge in [-0.15, -0.1) is 0 Å². The molecule has 10 nitrogen and oxygen atoms in total. The molecule has 0 saturated heterocycles. The Kier molecular flexibility index (Phi) is 10.6. The topological polar surface area (TPSA) is 140 Å². The van der Waals surface area contributed by atoms with E-state index < -0.39 is 24.3 Å². The number of hydrogen-bond acceptors (Lipinski definition) is 8. The molecule has 12 heteroatoms. The summed E-state index contributed by atoms with van der Waals surface area (Å²) in [5.41, 5.74) is 2.97. The number of rotatable bonds is 15. The summed E-state index contributed by atoms with van der Waals surface area (Å²) in [5.74, 6) is 1.12. The van der Waals surface area contributed by atoms with Gasteiger partial charge in [0.15, 0.2) is 23.2 Å². The zero-order valence-corrected chi connectivity index (χ0v) is 28.4. The van der Waals surface area contributed by atoms with Crippen LogP contribution in [0.3, 0.4) is 0 Å². The standard InChI is InChI=1S/C32H45N3O7SSi/c1-20(2)44(21(3)4,22(5)6)40-19-24(36)17-34-32(37)30-12-11-29(35-30)23-14-27(41-25-8-9-25)16-28(15-23)42-26-10-13-31(33-18-26)43(7,38)39/h10-16,18,20-22,24-25,35-36H,8-9,17,19H2,1-7H3,(H,34,37)/t24-/m0/s1. The summed E-state index contributed by atoms with van der Waals surface area (Å²) >= 11 is 0. The molecular formula is C32H45N3O7SSi. The van der Waals surface area contributed by atoms with Crippen LogP contribution in [-0.4, -0.2) is 69.3 Å². The van der Waals surface area contributed by atoms with E-state index in [2.05, 4.69) is 56.8 Å². The van der Waals surface area contributed by atoms with E-state index in [4.69, 9.17) is 13.9 Å². The van der Waals surface area contributed by atoms with Crippen molar-refractivity contribution in [1.29, 1.82) is 0 Å². The van der Waals surface area contributed by atoms with Gasteiger partial charge in [-0.25, -0.2) is 13.4 Å². The van der Waals surface area contributed by atoms with Crippen LogP contribution in [0.1, 0.15) is 64.9 Å². The van der Waals surface area contributed by atoms with Gasteiger partial charge in [-0.1, -0.05) is 41.5 Å². The van der Waals surface area contributed by atoms with Gasteiger partial charge >= 0.3 is 0 Å². The molecular weight excluding hydrogens is 599 g/mol. The second-order valence-corrected chi connectivity index (χ2v) is 19.9. The predicted octanol–water partition coefficient (Wildman–Crippen LogP) is 6.10. The number of aromatic nitrogens is 2. The Morgan fingerprint density at radius 3 is 2.23 bits per heavy atom. The molecule has 3 aromatic rings. The first-order valence-electron chi connectivity index (χ1n) is 15.1. The molecule has 1 aliphatic carbocycles. The van der Waals surface area contributed by atoms with Gasteiger partial charge in [0.1, 0.15) is 22.9 Å². The fourth-order valence-corrected chi connectivity index (χ4v) is 11.9. The summed E-state index contributed by atoms with van der Waals surface area (Å²) in [6.45, 7) is 13.4. The molecule has 1 aromatic carbocycles. The number of sulfone groups is 1. The molecule has 0 radical (unpaired) electrons. The molecule has 240 valence electrons. The van der Waals surface area contributed by atoms with E-state index in [0.29, 0.717) is 45.3 Å². The number of benzene rings is 1. The fraction of sp³-hybridized carbons (Fsp3) is 0.500. The van der Waals surface area contributed by atoms with Crippen molar-refractivity contribution >= 4 is 24.1 Å². The highest BCUT2D eigenvalue weighted by molar-refractivity contribution is 7.90. The van der Waals surface area contributed by atoms with E-state index in [0.717, 1.165) is 24.7 Å². The van der Waals surface area contributed by atoms with Crippen LogP contribution >= 0.6 is 0 Å².